The smallest absolute Gasteiger partial charge is 0.217 e. The van der Waals surface area contributed by atoms with E-state index in [1.165, 1.54) is 0 Å². The maximum atomic E-state index is 11.1. The van der Waals surface area contributed by atoms with Crippen LogP contribution in [0.1, 0.15) is 19.0 Å². The largest absolute Gasteiger partial charge is 0.366 e. The number of fused-ring (bicyclic) bond motifs is 1. The molecule has 0 saturated carbocycles. The van der Waals surface area contributed by atoms with Crippen LogP contribution in [0.3, 0.4) is 0 Å². The van der Waals surface area contributed by atoms with Crippen molar-refractivity contribution in [2.45, 2.75) is 26.3 Å². The van der Waals surface area contributed by atoms with Crippen LogP contribution >= 0.6 is 11.6 Å². The Bertz CT molecular complexity index is 668. The lowest BCUT2D eigenvalue weighted by molar-refractivity contribution is -0.119. The van der Waals surface area contributed by atoms with E-state index in [-0.39, 0.29) is 11.9 Å². The maximum Gasteiger partial charge on any atom is 0.217 e. The number of carbonyl (C=O) groups excluding carboxylic acids is 1. The minimum absolute atomic E-state index is 0.00594. The molecule has 0 spiro atoms. The average molecular weight is 294 g/mol. The molecule has 0 radical (unpaired) electrons. The highest BCUT2D eigenvalue weighted by atomic mass is 35.5. The van der Waals surface area contributed by atoms with Gasteiger partial charge in [0.25, 0.3) is 0 Å². The number of hydrogen-bond donors (Lipinski definition) is 1. The molecule has 7 heteroatoms. The zero-order chi connectivity index (χ0) is 14.3. The number of anilines is 1. The summed E-state index contributed by atoms with van der Waals surface area (Å²) >= 11 is 6.08. The van der Waals surface area contributed by atoms with Crippen LogP contribution in [0.15, 0.2) is 12.3 Å². The van der Waals surface area contributed by atoms with E-state index in [0.717, 1.165) is 36.5 Å². The monoisotopic (exact) mass is 293 g/mol. The fourth-order valence-electron chi connectivity index (χ4n) is 2.66. The molecule has 0 aromatic carbocycles. The van der Waals surface area contributed by atoms with Crippen LogP contribution in [0.4, 0.5) is 5.69 Å². The van der Waals surface area contributed by atoms with Crippen molar-refractivity contribution in [1.29, 1.82) is 0 Å². The van der Waals surface area contributed by atoms with Crippen LogP contribution in [0.5, 0.6) is 0 Å². The molecule has 3 heterocycles. The number of halogens is 1. The summed E-state index contributed by atoms with van der Waals surface area (Å²) in [7, 11) is 0. The molecule has 6 nitrogen and oxygen atoms in total. The van der Waals surface area contributed by atoms with Gasteiger partial charge >= 0.3 is 0 Å². The molecule has 2 aromatic rings. The van der Waals surface area contributed by atoms with Gasteiger partial charge in [-0.05, 0) is 13.3 Å². The highest BCUT2D eigenvalue weighted by molar-refractivity contribution is 6.29. The number of rotatable bonds is 2. The summed E-state index contributed by atoms with van der Waals surface area (Å²) in [6.45, 7) is 5.10. The first-order valence-electron chi connectivity index (χ1n) is 6.57. The number of imidazole rings is 1. The zero-order valence-electron chi connectivity index (χ0n) is 11.4. The number of aromatic nitrogens is 3. The molecule has 1 aliphatic rings. The summed E-state index contributed by atoms with van der Waals surface area (Å²) in [6, 6.07) is 2.01. The molecule has 1 N–H and O–H groups in total. The minimum Gasteiger partial charge on any atom is -0.366 e. The second-order valence-corrected chi connectivity index (χ2v) is 5.52. The maximum absolute atomic E-state index is 11.1. The Kier molecular flexibility index (Phi) is 3.25. The number of nitrogens with one attached hydrogen (secondary N) is 1. The molecule has 0 bridgehead atoms. The van der Waals surface area contributed by atoms with E-state index < -0.39 is 0 Å². The second kappa shape index (κ2) is 4.94. The van der Waals surface area contributed by atoms with Crippen LogP contribution in [0, 0.1) is 6.92 Å². The van der Waals surface area contributed by atoms with E-state index in [0.29, 0.717) is 5.15 Å². The van der Waals surface area contributed by atoms with E-state index >= 15 is 0 Å². The summed E-state index contributed by atoms with van der Waals surface area (Å²) in [5, 5.41) is 7.61. The van der Waals surface area contributed by atoms with Gasteiger partial charge in [0, 0.05) is 32.1 Å². The molecular weight excluding hydrogens is 278 g/mol. The standard InChI is InChI=1S/C13H16ClN5O/c1-8-6-19-13(15-8)11(5-12(14)17-19)18-4-3-10(7-18)16-9(2)20/h5-6,10H,3-4,7H2,1-2H3,(H,16,20). The minimum atomic E-state index is 0.00594. The van der Waals surface area contributed by atoms with Crippen molar-refractivity contribution in [1.82, 2.24) is 19.9 Å². The Balaban J connectivity index is 1.92. The number of carbonyl (C=O) groups is 1. The molecular formula is C13H16ClN5O. The third-order valence-electron chi connectivity index (χ3n) is 3.43. The van der Waals surface area contributed by atoms with Gasteiger partial charge in [-0.1, -0.05) is 11.6 Å². The van der Waals surface area contributed by atoms with Gasteiger partial charge in [0.15, 0.2) is 10.8 Å². The van der Waals surface area contributed by atoms with Gasteiger partial charge in [0.1, 0.15) is 0 Å². The lowest BCUT2D eigenvalue weighted by Crippen LogP contribution is -2.35. The van der Waals surface area contributed by atoms with E-state index in [2.05, 4.69) is 20.3 Å². The van der Waals surface area contributed by atoms with Gasteiger partial charge in [0.05, 0.1) is 17.6 Å². The Morgan fingerprint density at radius 3 is 3.10 bits per heavy atom. The Labute approximate surface area is 121 Å². The predicted octanol–water partition coefficient (Wildman–Crippen LogP) is 1.41. The van der Waals surface area contributed by atoms with Crippen molar-refractivity contribution in [3.05, 3.63) is 23.1 Å². The van der Waals surface area contributed by atoms with E-state index in [4.69, 9.17) is 11.6 Å². The SMILES string of the molecule is CC(=O)NC1CCN(c2cc(Cl)nn3cc(C)nc23)C1. The molecule has 20 heavy (non-hydrogen) atoms. The Hall–Kier alpha value is -1.82. The summed E-state index contributed by atoms with van der Waals surface area (Å²) in [6.07, 6.45) is 2.78. The summed E-state index contributed by atoms with van der Waals surface area (Å²) in [5.41, 5.74) is 2.67. The second-order valence-electron chi connectivity index (χ2n) is 5.13. The van der Waals surface area contributed by atoms with Gasteiger partial charge in [-0.15, -0.1) is 0 Å². The normalized spacial score (nSPS) is 18.8. The molecule has 1 fully saturated rings. The van der Waals surface area contributed by atoms with Crippen molar-refractivity contribution in [2.24, 2.45) is 0 Å². The molecule has 1 atom stereocenters. The van der Waals surface area contributed by atoms with E-state index in [1.54, 1.807) is 11.4 Å². The van der Waals surface area contributed by atoms with Crippen molar-refractivity contribution in [2.75, 3.05) is 18.0 Å². The van der Waals surface area contributed by atoms with Crippen LogP contribution in [0.25, 0.3) is 5.65 Å². The lowest BCUT2D eigenvalue weighted by Gasteiger charge is -2.19. The van der Waals surface area contributed by atoms with Gasteiger partial charge in [-0.2, -0.15) is 5.10 Å². The quantitative estimate of drug-likeness (QED) is 0.909. The van der Waals surface area contributed by atoms with Crippen LogP contribution < -0.4 is 10.2 Å². The van der Waals surface area contributed by atoms with Gasteiger partial charge < -0.3 is 10.2 Å². The van der Waals surface area contributed by atoms with Crippen LogP contribution in [0.2, 0.25) is 5.15 Å². The highest BCUT2D eigenvalue weighted by Crippen LogP contribution is 2.27. The van der Waals surface area contributed by atoms with Gasteiger partial charge in [0.2, 0.25) is 5.91 Å². The van der Waals surface area contributed by atoms with Crippen molar-refractivity contribution < 1.29 is 4.79 Å². The van der Waals surface area contributed by atoms with E-state index in [9.17, 15) is 4.79 Å². The zero-order valence-corrected chi connectivity index (χ0v) is 12.2. The topological polar surface area (TPSA) is 62.5 Å². The van der Waals surface area contributed by atoms with Gasteiger partial charge in [-0.25, -0.2) is 9.50 Å². The Morgan fingerprint density at radius 1 is 1.55 bits per heavy atom. The Morgan fingerprint density at radius 2 is 2.35 bits per heavy atom. The van der Waals surface area contributed by atoms with E-state index in [1.807, 2.05) is 19.2 Å². The molecule has 1 unspecified atom stereocenters. The summed E-state index contributed by atoms with van der Waals surface area (Å²) < 4.78 is 1.71. The third kappa shape index (κ3) is 2.43. The molecule has 1 saturated heterocycles. The highest BCUT2D eigenvalue weighted by Gasteiger charge is 2.25. The average Bonchev–Trinajstić information content (AvgIpc) is 2.93. The van der Waals surface area contributed by atoms with Crippen LogP contribution in [-0.2, 0) is 4.79 Å². The lowest BCUT2D eigenvalue weighted by atomic mass is 10.2. The molecule has 0 aliphatic carbocycles. The van der Waals surface area contributed by atoms with Gasteiger partial charge in [-0.3, -0.25) is 4.79 Å². The molecule has 2 aromatic heterocycles. The first-order chi connectivity index (χ1) is 9.52. The number of hydrogen-bond acceptors (Lipinski definition) is 4. The summed E-state index contributed by atoms with van der Waals surface area (Å²) in [4.78, 5) is 17.8. The molecule has 1 aliphatic heterocycles. The third-order valence-corrected chi connectivity index (χ3v) is 3.62. The molecule has 1 amide bonds. The van der Waals surface area contributed by atoms with Crippen molar-refractivity contribution >= 4 is 28.8 Å². The fourth-order valence-corrected chi connectivity index (χ4v) is 2.85. The van der Waals surface area contributed by atoms with Crippen LogP contribution in [-0.4, -0.2) is 39.6 Å². The van der Waals surface area contributed by atoms with Crippen molar-refractivity contribution in [3.63, 3.8) is 0 Å². The van der Waals surface area contributed by atoms with Crippen molar-refractivity contribution in [3.8, 4) is 0 Å². The first-order valence-corrected chi connectivity index (χ1v) is 6.95. The number of aryl methyl sites for hydroxylation is 1. The predicted molar refractivity (Wildman–Crippen MR) is 77.2 cm³/mol. The first kappa shape index (κ1) is 13.2. The molecule has 106 valence electrons. The number of amides is 1. The summed E-state index contributed by atoms with van der Waals surface area (Å²) in [5.74, 6) is 0.00594. The number of nitrogens with zero attached hydrogens (tertiary/aromatic N) is 4. The fraction of sp³-hybridized carbons (Fsp3) is 0.462. The molecule has 3 rings (SSSR count).